The van der Waals surface area contributed by atoms with Gasteiger partial charge in [-0.15, -0.1) is 0 Å². The van der Waals surface area contributed by atoms with E-state index in [1.54, 1.807) is 46.5 Å². The summed E-state index contributed by atoms with van der Waals surface area (Å²) in [6.45, 7) is 2.71. The van der Waals surface area contributed by atoms with E-state index >= 15 is 0 Å². The number of rotatable bonds is 6. The largest absolute Gasteiger partial charge is 0.459 e. The Labute approximate surface area is 163 Å². The van der Waals surface area contributed by atoms with Crippen LogP contribution in [0.25, 0.3) is 0 Å². The molecule has 1 aliphatic rings. The quantitative estimate of drug-likeness (QED) is 0.763. The van der Waals surface area contributed by atoms with E-state index in [0.29, 0.717) is 51.1 Å². The summed E-state index contributed by atoms with van der Waals surface area (Å²) in [6.07, 6.45) is 6.31. The van der Waals surface area contributed by atoms with Crippen molar-refractivity contribution in [2.24, 2.45) is 0 Å². The molecule has 0 aromatic carbocycles. The summed E-state index contributed by atoms with van der Waals surface area (Å²) in [5, 5.41) is 2.73. The monoisotopic (exact) mass is 384 g/mol. The lowest BCUT2D eigenvalue weighted by Gasteiger charge is -2.22. The Kier molecular flexibility index (Phi) is 6.78. The van der Waals surface area contributed by atoms with Gasteiger partial charge < -0.3 is 19.5 Å². The van der Waals surface area contributed by atoms with Crippen molar-refractivity contribution < 1.29 is 18.8 Å². The lowest BCUT2D eigenvalue weighted by molar-refractivity contribution is -0.131. The van der Waals surface area contributed by atoms with E-state index in [1.807, 2.05) is 0 Å². The molecule has 1 N–H and O–H groups in total. The van der Waals surface area contributed by atoms with Gasteiger partial charge in [0.05, 0.1) is 6.26 Å². The standard InChI is InChI=1S/C20H24N4O4/c25-18(5-1-8-22-19(26)17-4-2-15-28-17)23-11-3-12-24(14-13-23)20(27)16-6-9-21-10-7-16/h2,4,6-7,9-10,15H,1,3,5,8,11-14H2,(H,22,26). The Bertz CT molecular complexity index is 792. The van der Waals surface area contributed by atoms with Crippen molar-refractivity contribution in [3.05, 3.63) is 54.2 Å². The highest BCUT2D eigenvalue weighted by atomic mass is 16.3. The van der Waals surface area contributed by atoms with Gasteiger partial charge in [0.2, 0.25) is 5.91 Å². The Balaban J connectivity index is 1.40. The van der Waals surface area contributed by atoms with E-state index in [2.05, 4.69) is 10.3 Å². The fourth-order valence-corrected chi connectivity index (χ4v) is 3.14. The van der Waals surface area contributed by atoms with Crippen LogP contribution in [-0.2, 0) is 4.79 Å². The van der Waals surface area contributed by atoms with E-state index in [4.69, 9.17) is 4.42 Å². The molecule has 0 spiro atoms. The molecule has 0 bridgehead atoms. The maximum atomic E-state index is 12.5. The predicted octanol–water partition coefficient (Wildman–Crippen LogP) is 1.56. The molecule has 0 radical (unpaired) electrons. The number of aromatic nitrogens is 1. The molecule has 2 aromatic rings. The van der Waals surface area contributed by atoms with Crippen molar-refractivity contribution in [2.75, 3.05) is 32.7 Å². The number of hydrogen-bond acceptors (Lipinski definition) is 5. The topological polar surface area (TPSA) is 95.8 Å². The van der Waals surface area contributed by atoms with Crippen molar-refractivity contribution in [1.82, 2.24) is 20.1 Å². The van der Waals surface area contributed by atoms with Crippen LogP contribution < -0.4 is 5.32 Å². The van der Waals surface area contributed by atoms with Gasteiger partial charge in [-0.05, 0) is 37.1 Å². The third kappa shape index (κ3) is 5.18. The zero-order valence-corrected chi connectivity index (χ0v) is 15.7. The number of furan rings is 1. The first kappa shape index (κ1) is 19.6. The Hall–Kier alpha value is -3.16. The number of carbonyl (C=O) groups is 3. The molecule has 0 unspecified atom stereocenters. The fraction of sp³-hybridized carbons (Fsp3) is 0.400. The maximum absolute atomic E-state index is 12.5. The summed E-state index contributed by atoms with van der Waals surface area (Å²) in [4.78, 5) is 44.3. The Morgan fingerprint density at radius 2 is 1.79 bits per heavy atom. The normalized spacial score (nSPS) is 14.4. The Morgan fingerprint density at radius 1 is 1.04 bits per heavy atom. The molecule has 1 fully saturated rings. The number of nitrogens with zero attached hydrogens (tertiary/aromatic N) is 3. The van der Waals surface area contributed by atoms with Crippen LogP contribution in [0.1, 0.15) is 40.2 Å². The van der Waals surface area contributed by atoms with Crippen molar-refractivity contribution in [1.29, 1.82) is 0 Å². The molecule has 28 heavy (non-hydrogen) atoms. The molecule has 3 amide bonds. The highest BCUT2D eigenvalue weighted by Gasteiger charge is 2.22. The zero-order valence-electron chi connectivity index (χ0n) is 15.7. The number of nitrogens with one attached hydrogen (secondary N) is 1. The number of pyridine rings is 1. The second kappa shape index (κ2) is 9.68. The van der Waals surface area contributed by atoms with Gasteiger partial charge in [-0.25, -0.2) is 0 Å². The first-order valence-electron chi connectivity index (χ1n) is 9.44. The third-order valence-corrected chi connectivity index (χ3v) is 4.66. The molecule has 1 aliphatic heterocycles. The molecule has 1 saturated heterocycles. The molecule has 0 atom stereocenters. The van der Waals surface area contributed by atoms with Gasteiger partial charge in [0.25, 0.3) is 11.8 Å². The minimum Gasteiger partial charge on any atom is -0.459 e. The van der Waals surface area contributed by atoms with Crippen LogP contribution in [0, 0.1) is 0 Å². The van der Waals surface area contributed by atoms with Crippen molar-refractivity contribution >= 4 is 17.7 Å². The lowest BCUT2D eigenvalue weighted by Crippen LogP contribution is -2.37. The van der Waals surface area contributed by atoms with Gasteiger partial charge in [-0.1, -0.05) is 0 Å². The second-order valence-electron chi connectivity index (χ2n) is 6.60. The van der Waals surface area contributed by atoms with Crippen LogP contribution in [0.3, 0.4) is 0 Å². The van der Waals surface area contributed by atoms with Crippen LogP contribution in [0.15, 0.2) is 47.3 Å². The van der Waals surface area contributed by atoms with E-state index in [-0.39, 0.29) is 23.5 Å². The van der Waals surface area contributed by atoms with Gasteiger partial charge in [-0.3, -0.25) is 19.4 Å². The number of carbonyl (C=O) groups excluding carboxylic acids is 3. The first-order chi connectivity index (χ1) is 13.6. The molecular formula is C20H24N4O4. The van der Waals surface area contributed by atoms with Crippen LogP contribution in [0.5, 0.6) is 0 Å². The minimum absolute atomic E-state index is 0.0302. The van der Waals surface area contributed by atoms with Gasteiger partial charge in [0, 0.05) is 57.1 Å². The second-order valence-corrected chi connectivity index (χ2v) is 6.60. The van der Waals surface area contributed by atoms with E-state index in [0.717, 1.165) is 6.42 Å². The van der Waals surface area contributed by atoms with E-state index in [9.17, 15) is 14.4 Å². The Morgan fingerprint density at radius 3 is 2.54 bits per heavy atom. The summed E-state index contributed by atoms with van der Waals surface area (Å²) in [7, 11) is 0. The molecule has 8 heteroatoms. The number of amides is 3. The lowest BCUT2D eigenvalue weighted by atomic mass is 10.2. The first-order valence-corrected chi connectivity index (χ1v) is 9.44. The molecule has 2 aromatic heterocycles. The summed E-state index contributed by atoms with van der Waals surface area (Å²) in [5.74, 6) is -0.00177. The van der Waals surface area contributed by atoms with Crippen LogP contribution >= 0.6 is 0 Å². The molecule has 3 heterocycles. The van der Waals surface area contributed by atoms with Gasteiger partial charge in [0.15, 0.2) is 5.76 Å². The molecular weight excluding hydrogens is 360 g/mol. The number of hydrogen-bond donors (Lipinski definition) is 1. The average molecular weight is 384 g/mol. The van der Waals surface area contributed by atoms with Gasteiger partial charge in [-0.2, -0.15) is 0 Å². The molecule has 8 nitrogen and oxygen atoms in total. The highest BCUT2D eigenvalue weighted by molar-refractivity contribution is 5.94. The van der Waals surface area contributed by atoms with E-state index in [1.165, 1.54) is 6.26 Å². The fourth-order valence-electron chi connectivity index (χ4n) is 3.14. The van der Waals surface area contributed by atoms with Crippen molar-refractivity contribution in [3.8, 4) is 0 Å². The summed E-state index contributed by atoms with van der Waals surface area (Å²) < 4.78 is 5.02. The van der Waals surface area contributed by atoms with Crippen LogP contribution in [0.4, 0.5) is 0 Å². The highest BCUT2D eigenvalue weighted by Crippen LogP contribution is 2.10. The van der Waals surface area contributed by atoms with Crippen molar-refractivity contribution in [3.63, 3.8) is 0 Å². The van der Waals surface area contributed by atoms with Gasteiger partial charge >= 0.3 is 0 Å². The zero-order chi connectivity index (χ0) is 19.8. The van der Waals surface area contributed by atoms with Crippen LogP contribution in [0.2, 0.25) is 0 Å². The van der Waals surface area contributed by atoms with E-state index < -0.39 is 0 Å². The predicted molar refractivity (Wildman–Crippen MR) is 102 cm³/mol. The SMILES string of the molecule is O=C(NCCCC(=O)N1CCCN(C(=O)c2ccncc2)CC1)c1ccco1. The van der Waals surface area contributed by atoms with Gasteiger partial charge in [0.1, 0.15) is 0 Å². The average Bonchev–Trinajstić information content (AvgIpc) is 3.16. The van der Waals surface area contributed by atoms with Crippen LogP contribution in [-0.4, -0.2) is 65.2 Å². The molecule has 3 rings (SSSR count). The third-order valence-electron chi connectivity index (χ3n) is 4.66. The summed E-state index contributed by atoms with van der Waals surface area (Å²) in [5.41, 5.74) is 0.613. The minimum atomic E-state index is -0.280. The molecule has 0 aliphatic carbocycles. The molecule has 148 valence electrons. The maximum Gasteiger partial charge on any atom is 0.286 e. The smallest absolute Gasteiger partial charge is 0.286 e. The summed E-state index contributed by atoms with van der Waals surface area (Å²) in [6, 6.07) is 6.65. The summed E-state index contributed by atoms with van der Waals surface area (Å²) >= 11 is 0. The molecule has 0 saturated carbocycles. The van der Waals surface area contributed by atoms with Crippen molar-refractivity contribution in [2.45, 2.75) is 19.3 Å².